The third-order valence-electron chi connectivity index (χ3n) is 5.91. The van der Waals surface area contributed by atoms with Crippen LogP contribution in [0.2, 0.25) is 0 Å². The van der Waals surface area contributed by atoms with E-state index in [-0.39, 0.29) is 30.7 Å². The molecule has 0 saturated heterocycles. The summed E-state index contributed by atoms with van der Waals surface area (Å²) >= 11 is 1.57. The normalized spacial score (nSPS) is 12.7. The van der Waals surface area contributed by atoms with Crippen LogP contribution in [0.25, 0.3) is 10.2 Å². The van der Waals surface area contributed by atoms with Crippen LogP contribution in [0.5, 0.6) is 11.5 Å². The lowest BCUT2D eigenvalue weighted by atomic mass is 9.96. The fourth-order valence-electron chi connectivity index (χ4n) is 4.46. The lowest BCUT2D eigenvalue weighted by Crippen LogP contribution is -2.23. The third kappa shape index (κ3) is 4.84. The first-order valence-electron chi connectivity index (χ1n) is 11.5. The number of hydrogen-bond donors (Lipinski definition) is 2. The van der Waals surface area contributed by atoms with E-state index in [2.05, 4.69) is 10.6 Å². The second-order valence-electron chi connectivity index (χ2n) is 8.22. The van der Waals surface area contributed by atoms with Gasteiger partial charge in [0.25, 0.3) is 0 Å². The van der Waals surface area contributed by atoms with Crippen molar-refractivity contribution in [2.75, 3.05) is 31.5 Å². The molecule has 0 atom stereocenters. The zero-order valence-electron chi connectivity index (χ0n) is 20.3. The molecule has 9 nitrogen and oxygen atoms in total. The Morgan fingerprint density at radius 3 is 2.54 bits per heavy atom. The van der Waals surface area contributed by atoms with E-state index in [9.17, 15) is 14.4 Å². The number of carbonyl (C=O) groups is 3. The Morgan fingerprint density at radius 1 is 1.09 bits per heavy atom. The number of methoxy groups -OCH3 is 2. The molecule has 186 valence electrons. The molecular weight excluding hydrogens is 470 g/mol. The van der Waals surface area contributed by atoms with Gasteiger partial charge in [-0.15, -0.1) is 11.3 Å². The van der Waals surface area contributed by atoms with E-state index in [4.69, 9.17) is 14.2 Å². The average molecular weight is 500 g/mol. The molecule has 3 aromatic rings. The van der Waals surface area contributed by atoms with Gasteiger partial charge in [0.15, 0.2) is 5.69 Å². The number of nitrogens with zero attached hydrogens (tertiary/aromatic N) is 1. The van der Waals surface area contributed by atoms with E-state index in [1.807, 2.05) is 0 Å². The molecule has 4 rings (SSSR count). The first-order chi connectivity index (χ1) is 16.9. The number of nitrogens with one attached hydrogen (secondary N) is 2. The highest BCUT2D eigenvalue weighted by atomic mass is 32.1. The number of anilines is 2. The van der Waals surface area contributed by atoms with Crippen LogP contribution in [0.1, 0.15) is 47.6 Å². The second-order valence-corrected chi connectivity index (χ2v) is 9.30. The number of aryl methyl sites for hydroxylation is 2. The van der Waals surface area contributed by atoms with Crippen molar-refractivity contribution in [1.82, 2.24) is 4.57 Å². The number of hydrogen-bond acceptors (Lipinski definition) is 7. The summed E-state index contributed by atoms with van der Waals surface area (Å²) in [4.78, 5) is 40.4. The highest BCUT2D eigenvalue weighted by molar-refractivity contribution is 7.19. The molecule has 0 saturated carbocycles. The SMILES string of the molecule is CCOC(=O)c1c(NC(C)=O)c2c3c(sc2n1CC(=O)Nc1cc(OC)ccc1OC)CCCC3. The minimum absolute atomic E-state index is 0.149. The summed E-state index contributed by atoms with van der Waals surface area (Å²) in [6.45, 7) is 3.14. The summed E-state index contributed by atoms with van der Waals surface area (Å²) in [7, 11) is 3.05. The predicted octanol–water partition coefficient (Wildman–Crippen LogP) is 4.37. The summed E-state index contributed by atoms with van der Waals surface area (Å²) in [6.07, 6.45) is 3.93. The van der Waals surface area contributed by atoms with Crippen molar-refractivity contribution >= 4 is 50.7 Å². The first-order valence-corrected chi connectivity index (χ1v) is 12.3. The molecule has 0 unspecified atom stereocenters. The number of amides is 2. The van der Waals surface area contributed by atoms with E-state index in [0.717, 1.165) is 41.5 Å². The topological polar surface area (TPSA) is 108 Å². The molecule has 1 aliphatic carbocycles. The van der Waals surface area contributed by atoms with E-state index in [1.165, 1.54) is 26.0 Å². The highest BCUT2D eigenvalue weighted by Crippen LogP contribution is 2.44. The fourth-order valence-corrected chi connectivity index (χ4v) is 5.86. The Balaban J connectivity index is 1.80. The van der Waals surface area contributed by atoms with Crippen LogP contribution in [0, 0.1) is 0 Å². The predicted molar refractivity (Wildman–Crippen MR) is 135 cm³/mol. The molecule has 1 aromatic carbocycles. The molecule has 2 aromatic heterocycles. The standard InChI is InChI=1S/C25H29N3O6S/c1-5-34-25(31)23-22(26-14(2)29)21-16-8-6-7-9-19(16)35-24(21)28(23)13-20(30)27-17-12-15(32-3)10-11-18(17)33-4/h10-12H,5-9,13H2,1-4H3,(H,26,29)(H,27,30). The number of esters is 1. The van der Waals surface area contributed by atoms with Crippen molar-refractivity contribution in [1.29, 1.82) is 0 Å². The van der Waals surface area contributed by atoms with Gasteiger partial charge in [0.2, 0.25) is 11.8 Å². The molecule has 10 heteroatoms. The molecule has 0 spiro atoms. The molecule has 2 heterocycles. The van der Waals surface area contributed by atoms with Crippen molar-refractivity contribution in [2.45, 2.75) is 46.1 Å². The summed E-state index contributed by atoms with van der Waals surface area (Å²) in [6, 6.07) is 5.11. The van der Waals surface area contributed by atoms with Crippen LogP contribution >= 0.6 is 11.3 Å². The summed E-state index contributed by atoms with van der Waals surface area (Å²) in [5, 5.41) is 6.53. The number of thiophene rings is 1. The molecule has 0 aliphatic heterocycles. The number of fused-ring (bicyclic) bond motifs is 3. The zero-order valence-corrected chi connectivity index (χ0v) is 21.1. The Hall–Kier alpha value is -3.53. The van der Waals surface area contributed by atoms with Gasteiger partial charge in [-0.05, 0) is 50.3 Å². The maximum Gasteiger partial charge on any atom is 0.357 e. The van der Waals surface area contributed by atoms with E-state index >= 15 is 0 Å². The first kappa shape index (κ1) is 24.6. The van der Waals surface area contributed by atoms with Crippen molar-refractivity contribution in [3.8, 4) is 11.5 Å². The van der Waals surface area contributed by atoms with Crippen molar-refractivity contribution < 1.29 is 28.6 Å². The fraction of sp³-hybridized carbons (Fsp3) is 0.400. The van der Waals surface area contributed by atoms with Crippen LogP contribution in [-0.4, -0.2) is 43.2 Å². The number of benzene rings is 1. The number of ether oxygens (including phenoxy) is 3. The smallest absolute Gasteiger partial charge is 0.357 e. The van der Waals surface area contributed by atoms with Crippen LogP contribution in [0.4, 0.5) is 11.4 Å². The van der Waals surface area contributed by atoms with Crippen molar-refractivity contribution in [3.05, 3.63) is 34.3 Å². The Bertz CT molecular complexity index is 1290. The maximum atomic E-state index is 13.2. The molecule has 0 radical (unpaired) electrons. The molecule has 0 bridgehead atoms. The molecule has 2 amide bonds. The molecule has 2 N–H and O–H groups in total. The number of rotatable bonds is 8. The van der Waals surface area contributed by atoms with Gasteiger partial charge in [-0.25, -0.2) is 4.79 Å². The van der Waals surface area contributed by atoms with Crippen LogP contribution in [-0.2, 0) is 33.7 Å². The highest BCUT2D eigenvalue weighted by Gasteiger charge is 2.31. The van der Waals surface area contributed by atoms with Gasteiger partial charge < -0.3 is 29.4 Å². The minimum Gasteiger partial charge on any atom is -0.497 e. The second kappa shape index (κ2) is 10.4. The summed E-state index contributed by atoms with van der Waals surface area (Å²) in [5.74, 6) is -0.199. The van der Waals surface area contributed by atoms with Gasteiger partial charge in [0.05, 0.1) is 32.2 Å². The molecule has 35 heavy (non-hydrogen) atoms. The minimum atomic E-state index is -0.587. The lowest BCUT2D eigenvalue weighted by Gasteiger charge is -2.15. The van der Waals surface area contributed by atoms with Crippen LogP contribution in [0.15, 0.2) is 18.2 Å². The Labute approximate surface area is 207 Å². The number of carbonyl (C=O) groups excluding carboxylic acids is 3. The van der Waals surface area contributed by atoms with Gasteiger partial charge >= 0.3 is 5.97 Å². The molecule has 1 aliphatic rings. The maximum absolute atomic E-state index is 13.2. The van der Waals surface area contributed by atoms with Gasteiger partial charge in [-0.1, -0.05) is 0 Å². The largest absolute Gasteiger partial charge is 0.497 e. The molecular formula is C25H29N3O6S. The zero-order chi connectivity index (χ0) is 25.1. The van der Waals surface area contributed by atoms with Gasteiger partial charge in [0, 0.05) is 23.3 Å². The quantitative estimate of drug-likeness (QED) is 0.446. The Kier molecular flexibility index (Phi) is 7.30. The summed E-state index contributed by atoms with van der Waals surface area (Å²) in [5.41, 5.74) is 2.17. The van der Waals surface area contributed by atoms with Gasteiger partial charge in [-0.3, -0.25) is 9.59 Å². The van der Waals surface area contributed by atoms with E-state index in [0.29, 0.717) is 22.9 Å². The third-order valence-corrected chi connectivity index (χ3v) is 7.22. The summed E-state index contributed by atoms with van der Waals surface area (Å²) < 4.78 is 17.6. The van der Waals surface area contributed by atoms with Gasteiger partial charge in [-0.2, -0.15) is 0 Å². The average Bonchev–Trinajstić information content (AvgIpc) is 3.34. The monoisotopic (exact) mass is 499 g/mol. The number of aromatic nitrogens is 1. The van der Waals surface area contributed by atoms with Crippen molar-refractivity contribution in [2.24, 2.45) is 0 Å². The van der Waals surface area contributed by atoms with Crippen LogP contribution < -0.4 is 20.1 Å². The van der Waals surface area contributed by atoms with E-state index in [1.54, 1.807) is 41.0 Å². The van der Waals surface area contributed by atoms with Crippen molar-refractivity contribution in [3.63, 3.8) is 0 Å². The Morgan fingerprint density at radius 2 is 1.86 bits per heavy atom. The van der Waals surface area contributed by atoms with Gasteiger partial charge in [0.1, 0.15) is 22.9 Å². The lowest BCUT2D eigenvalue weighted by molar-refractivity contribution is -0.116. The molecule has 0 fully saturated rings. The van der Waals surface area contributed by atoms with Crippen LogP contribution in [0.3, 0.4) is 0 Å². The van der Waals surface area contributed by atoms with E-state index < -0.39 is 5.97 Å².